The van der Waals surface area contributed by atoms with E-state index in [1.54, 1.807) is 19.2 Å². The van der Waals surface area contributed by atoms with Crippen LogP contribution < -0.4 is 15.4 Å². The molecule has 19 heavy (non-hydrogen) atoms. The number of nitrogens with one attached hydrogen (secondary N) is 2. The Morgan fingerprint density at radius 1 is 1.47 bits per heavy atom. The standard InChI is InChI=1S/C14H18N2O3/c1-9-3-4-12-10(7-9)14(18)11(5-6-19-12)16-13(17)8-15-2/h3-4,7,11,15H,5-6,8H2,1-2H3,(H,16,17). The average molecular weight is 262 g/mol. The van der Waals surface area contributed by atoms with Crippen LogP contribution >= 0.6 is 0 Å². The third kappa shape index (κ3) is 3.12. The summed E-state index contributed by atoms with van der Waals surface area (Å²) in [5.74, 6) is 0.332. The first kappa shape index (κ1) is 13.5. The van der Waals surface area contributed by atoms with E-state index in [0.717, 1.165) is 5.56 Å². The molecule has 5 heteroatoms. The van der Waals surface area contributed by atoms with Crippen molar-refractivity contribution in [3.63, 3.8) is 0 Å². The molecule has 0 radical (unpaired) electrons. The molecule has 102 valence electrons. The monoisotopic (exact) mass is 262 g/mol. The highest BCUT2D eigenvalue weighted by Crippen LogP contribution is 2.25. The molecule has 0 saturated carbocycles. The molecule has 1 heterocycles. The summed E-state index contributed by atoms with van der Waals surface area (Å²) >= 11 is 0. The Kier molecular flexibility index (Phi) is 4.16. The molecule has 0 aromatic heterocycles. The van der Waals surface area contributed by atoms with Gasteiger partial charge in [0.05, 0.1) is 24.8 Å². The van der Waals surface area contributed by atoms with Gasteiger partial charge in [0.1, 0.15) is 5.75 Å². The molecule has 1 aliphatic heterocycles. The zero-order chi connectivity index (χ0) is 13.8. The number of ketones is 1. The summed E-state index contributed by atoms with van der Waals surface area (Å²) in [6.45, 7) is 2.55. The molecule has 1 atom stereocenters. The molecule has 0 fully saturated rings. The summed E-state index contributed by atoms with van der Waals surface area (Å²) in [7, 11) is 1.69. The van der Waals surface area contributed by atoms with Gasteiger partial charge in [-0.2, -0.15) is 0 Å². The van der Waals surface area contributed by atoms with Crippen molar-refractivity contribution in [2.75, 3.05) is 20.2 Å². The van der Waals surface area contributed by atoms with Crippen LogP contribution in [0.25, 0.3) is 0 Å². The molecule has 1 amide bonds. The topological polar surface area (TPSA) is 67.4 Å². The number of amides is 1. The lowest BCUT2D eigenvalue weighted by molar-refractivity contribution is -0.120. The van der Waals surface area contributed by atoms with E-state index in [9.17, 15) is 9.59 Å². The fourth-order valence-corrected chi connectivity index (χ4v) is 2.11. The first-order chi connectivity index (χ1) is 9.11. The Hall–Kier alpha value is -1.88. The minimum Gasteiger partial charge on any atom is -0.493 e. The van der Waals surface area contributed by atoms with Gasteiger partial charge in [-0.1, -0.05) is 11.6 Å². The van der Waals surface area contributed by atoms with Crippen molar-refractivity contribution in [3.8, 4) is 5.75 Å². The number of carbonyl (C=O) groups is 2. The number of Topliss-reactive ketones (excluding diaryl/α,β-unsaturated/α-hetero) is 1. The summed E-state index contributed by atoms with van der Waals surface area (Å²) in [4.78, 5) is 24.0. The molecule has 2 rings (SSSR count). The molecule has 0 aliphatic carbocycles. The Bertz CT molecular complexity index is 499. The predicted molar refractivity (Wildman–Crippen MR) is 71.5 cm³/mol. The number of likely N-dealkylation sites (N-methyl/N-ethyl adjacent to an activating group) is 1. The lowest BCUT2D eigenvalue weighted by Crippen LogP contribution is -2.44. The Balaban J connectivity index is 2.20. The summed E-state index contributed by atoms with van der Waals surface area (Å²) in [6, 6.07) is 5.01. The van der Waals surface area contributed by atoms with Gasteiger partial charge in [-0.3, -0.25) is 9.59 Å². The molecular formula is C14H18N2O3. The lowest BCUT2D eigenvalue weighted by Gasteiger charge is -2.14. The number of fused-ring (bicyclic) bond motifs is 1. The van der Waals surface area contributed by atoms with Gasteiger partial charge in [0.2, 0.25) is 5.91 Å². The van der Waals surface area contributed by atoms with Crippen LogP contribution in [0, 0.1) is 6.92 Å². The highest BCUT2D eigenvalue weighted by atomic mass is 16.5. The SMILES string of the molecule is CNCC(=O)NC1CCOc2ccc(C)cc2C1=O. The Morgan fingerprint density at radius 2 is 2.26 bits per heavy atom. The average Bonchev–Trinajstić information content (AvgIpc) is 2.51. The molecule has 5 nitrogen and oxygen atoms in total. The van der Waals surface area contributed by atoms with Gasteiger partial charge in [-0.15, -0.1) is 0 Å². The molecule has 0 saturated heterocycles. The van der Waals surface area contributed by atoms with Crippen molar-refractivity contribution in [1.82, 2.24) is 10.6 Å². The minimum atomic E-state index is -0.510. The number of benzene rings is 1. The molecular weight excluding hydrogens is 244 g/mol. The van der Waals surface area contributed by atoms with Crippen LogP contribution in [0.2, 0.25) is 0 Å². The van der Waals surface area contributed by atoms with Gasteiger partial charge < -0.3 is 15.4 Å². The van der Waals surface area contributed by atoms with Crippen molar-refractivity contribution in [2.24, 2.45) is 0 Å². The maximum absolute atomic E-state index is 12.4. The van der Waals surface area contributed by atoms with Crippen LogP contribution in [0.15, 0.2) is 18.2 Å². The van der Waals surface area contributed by atoms with Crippen molar-refractivity contribution < 1.29 is 14.3 Å². The van der Waals surface area contributed by atoms with Crippen molar-refractivity contribution in [2.45, 2.75) is 19.4 Å². The van der Waals surface area contributed by atoms with Gasteiger partial charge in [0.25, 0.3) is 0 Å². The van der Waals surface area contributed by atoms with E-state index in [1.807, 2.05) is 13.0 Å². The van der Waals surface area contributed by atoms with E-state index in [-0.39, 0.29) is 18.2 Å². The van der Waals surface area contributed by atoms with E-state index in [2.05, 4.69) is 10.6 Å². The number of rotatable bonds is 3. The molecule has 1 aliphatic rings. The summed E-state index contributed by atoms with van der Waals surface area (Å²) in [5, 5.41) is 5.50. The van der Waals surface area contributed by atoms with E-state index in [1.165, 1.54) is 0 Å². The van der Waals surface area contributed by atoms with Gasteiger partial charge in [-0.25, -0.2) is 0 Å². The molecule has 0 spiro atoms. The van der Waals surface area contributed by atoms with Gasteiger partial charge in [0.15, 0.2) is 5.78 Å². The van der Waals surface area contributed by atoms with Gasteiger partial charge in [-0.05, 0) is 26.1 Å². The van der Waals surface area contributed by atoms with Gasteiger partial charge in [0, 0.05) is 6.42 Å². The summed E-state index contributed by atoms with van der Waals surface area (Å²) in [5.41, 5.74) is 1.55. The molecule has 0 bridgehead atoms. The van der Waals surface area contributed by atoms with Crippen LogP contribution in [0.1, 0.15) is 22.3 Å². The fourth-order valence-electron chi connectivity index (χ4n) is 2.11. The second-order valence-electron chi connectivity index (χ2n) is 4.65. The van der Waals surface area contributed by atoms with Crippen LogP contribution in [0.4, 0.5) is 0 Å². The quantitative estimate of drug-likeness (QED) is 0.840. The largest absolute Gasteiger partial charge is 0.493 e. The van der Waals surface area contributed by atoms with Gasteiger partial charge >= 0.3 is 0 Å². The zero-order valence-corrected chi connectivity index (χ0v) is 11.2. The molecule has 2 N–H and O–H groups in total. The van der Waals surface area contributed by atoms with Crippen molar-refractivity contribution in [3.05, 3.63) is 29.3 Å². The zero-order valence-electron chi connectivity index (χ0n) is 11.2. The second kappa shape index (κ2) is 5.84. The predicted octanol–water partition coefficient (Wildman–Crippen LogP) is 0.664. The third-order valence-electron chi connectivity index (χ3n) is 3.05. The summed E-state index contributed by atoms with van der Waals surface area (Å²) < 4.78 is 5.56. The first-order valence-electron chi connectivity index (χ1n) is 6.33. The third-order valence-corrected chi connectivity index (χ3v) is 3.05. The number of carbonyl (C=O) groups excluding carboxylic acids is 2. The minimum absolute atomic E-state index is 0.0827. The van der Waals surface area contributed by atoms with Crippen LogP contribution in [-0.2, 0) is 4.79 Å². The van der Waals surface area contributed by atoms with Crippen LogP contribution in [-0.4, -0.2) is 37.9 Å². The van der Waals surface area contributed by atoms with Crippen molar-refractivity contribution >= 4 is 11.7 Å². The van der Waals surface area contributed by atoms with E-state index < -0.39 is 6.04 Å². The maximum atomic E-state index is 12.4. The fraction of sp³-hybridized carbons (Fsp3) is 0.429. The molecule has 1 aromatic carbocycles. The lowest BCUT2D eigenvalue weighted by atomic mass is 10.0. The summed E-state index contributed by atoms with van der Waals surface area (Å²) in [6.07, 6.45) is 0.488. The Morgan fingerprint density at radius 3 is 3.00 bits per heavy atom. The molecule has 1 unspecified atom stereocenters. The normalized spacial score (nSPS) is 18.2. The van der Waals surface area contributed by atoms with Crippen LogP contribution in [0.5, 0.6) is 5.75 Å². The number of hydrogen-bond donors (Lipinski definition) is 2. The second-order valence-corrected chi connectivity index (χ2v) is 4.65. The molecule has 1 aromatic rings. The van der Waals surface area contributed by atoms with Crippen LogP contribution in [0.3, 0.4) is 0 Å². The first-order valence-corrected chi connectivity index (χ1v) is 6.33. The number of hydrogen-bond acceptors (Lipinski definition) is 4. The highest BCUT2D eigenvalue weighted by molar-refractivity contribution is 6.04. The number of aryl methyl sites for hydroxylation is 1. The van der Waals surface area contributed by atoms with Crippen molar-refractivity contribution in [1.29, 1.82) is 0 Å². The van der Waals surface area contributed by atoms with E-state index in [0.29, 0.717) is 24.3 Å². The number of ether oxygens (including phenoxy) is 1. The van der Waals surface area contributed by atoms with E-state index >= 15 is 0 Å². The Labute approximate surface area is 112 Å². The highest BCUT2D eigenvalue weighted by Gasteiger charge is 2.27. The smallest absolute Gasteiger partial charge is 0.234 e. The van der Waals surface area contributed by atoms with E-state index in [4.69, 9.17) is 4.74 Å². The maximum Gasteiger partial charge on any atom is 0.234 e.